The Balaban J connectivity index is 2.36. The molecule has 4 atom stereocenters. The van der Waals surface area contributed by atoms with Crippen molar-refractivity contribution in [3.8, 4) is 0 Å². The molecule has 0 spiro atoms. The third kappa shape index (κ3) is 9.07. The van der Waals surface area contributed by atoms with Gasteiger partial charge in [0.1, 0.15) is 12.1 Å². The Morgan fingerprint density at radius 1 is 1.07 bits per heavy atom. The van der Waals surface area contributed by atoms with Crippen molar-refractivity contribution < 1.29 is 33.9 Å². The molecule has 1 aliphatic rings. The predicted molar refractivity (Wildman–Crippen MR) is 162 cm³/mol. The van der Waals surface area contributed by atoms with Crippen LogP contribution in [0.15, 0.2) is 30.3 Å². The first-order valence-corrected chi connectivity index (χ1v) is 14.9. The standard InChI is InChI=1S/C30H47N7O7/c1-19(2)37(34-26(40)24-14-11-17-35(24)27(41)21(4)33-25(39)20(3)32)29(43)36(18-23-12-7-6-8-13-23)28(42)30(44,22(5)38)15-9-10-16-31/h6-8,12-13,19-21,24,44H,9-11,14-18,31-32H2,1-5H3,(H,33,39)(H,34,40)/t20-,21-,24-,30?/m0/s1. The monoisotopic (exact) mass is 617 g/mol. The summed E-state index contributed by atoms with van der Waals surface area (Å²) in [5, 5.41) is 14.8. The smallest absolute Gasteiger partial charge is 0.346 e. The number of hydrazine groups is 1. The number of rotatable bonds is 13. The second kappa shape index (κ2) is 16.3. The number of nitrogens with one attached hydrogen (secondary N) is 2. The summed E-state index contributed by atoms with van der Waals surface area (Å²) in [7, 11) is 0. The van der Waals surface area contributed by atoms with Gasteiger partial charge in [-0.05, 0) is 78.8 Å². The zero-order valence-corrected chi connectivity index (χ0v) is 26.2. The minimum Gasteiger partial charge on any atom is -0.373 e. The topological polar surface area (TPSA) is 208 Å². The maximum absolute atomic E-state index is 14.0. The van der Waals surface area contributed by atoms with Gasteiger partial charge < -0.3 is 26.8 Å². The van der Waals surface area contributed by atoms with E-state index >= 15 is 0 Å². The first kappa shape index (κ1) is 36.3. The van der Waals surface area contributed by atoms with Gasteiger partial charge in [0.2, 0.25) is 17.4 Å². The number of nitrogens with two attached hydrogens (primary N) is 2. The van der Waals surface area contributed by atoms with Crippen molar-refractivity contribution in [2.45, 2.75) is 103 Å². The molecule has 0 saturated carbocycles. The number of aliphatic hydroxyl groups is 1. The maximum atomic E-state index is 14.0. The number of Topliss-reactive ketones (excluding diaryl/α,β-unsaturated/α-hetero) is 1. The van der Waals surface area contributed by atoms with E-state index in [0.29, 0.717) is 31.4 Å². The number of benzene rings is 1. The lowest BCUT2D eigenvalue weighted by Gasteiger charge is -2.37. The Bertz CT molecular complexity index is 1190. The van der Waals surface area contributed by atoms with Crippen molar-refractivity contribution in [2.24, 2.45) is 11.5 Å². The summed E-state index contributed by atoms with van der Waals surface area (Å²) in [6.07, 6.45) is 1.31. The van der Waals surface area contributed by atoms with Crippen LogP contribution in [0, 0.1) is 0 Å². The number of likely N-dealkylation sites (tertiary alicyclic amines) is 1. The van der Waals surface area contributed by atoms with Gasteiger partial charge in [-0.1, -0.05) is 30.3 Å². The largest absolute Gasteiger partial charge is 0.373 e. The van der Waals surface area contributed by atoms with E-state index in [9.17, 15) is 33.9 Å². The lowest BCUT2D eigenvalue weighted by molar-refractivity contribution is -0.158. The van der Waals surface area contributed by atoms with E-state index in [4.69, 9.17) is 11.5 Å². The van der Waals surface area contributed by atoms with Crippen LogP contribution in [-0.4, -0.2) is 98.2 Å². The molecule has 2 rings (SSSR count). The molecule has 7 N–H and O–H groups in total. The minimum atomic E-state index is -2.48. The molecule has 1 fully saturated rings. The van der Waals surface area contributed by atoms with Gasteiger partial charge in [0.15, 0.2) is 5.78 Å². The molecule has 1 aromatic carbocycles. The van der Waals surface area contributed by atoms with Gasteiger partial charge >= 0.3 is 6.03 Å². The van der Waals surface area contributed by atoms with E-state index in [-0.39, 0.29) is 25.9 Å². The van der Waals surface area contributed by atoms with Gasteiger partial charge in [0.25, 0.3) is 11.8 Å². The fourth-order valence-corrected chi connectivity index (χ4v) is 4.85. The number of amides is 6. The van der Waals surface area contributed by atoms with Crippen LogP contribution in [0.2, 0.25) is 0 Å². The lowest BCUT2D eigenvalue weighted by Crippen LogP contribution is -2.63. The molecule has 1 aliphatic heterocycles. The van der Waals surface area contributed by atoms with E-state index in [1.54, 1.807) is 44.2 Å². The molecular formula is C30H47N7O7. The third-order valence-corrected chi connectivity index (χ3v) is 7.52. The Morgan fingerprint density at radius 3 is 2.25 bits per heavy atom. The van der Waals surface area contributed by atoms with Gasteiger partial charge in [0.05, 0.1) is 12.6 Å². The molecule has 1 heterocycles. The summed E-state index contributed by atoms with van der Waals surface area (Å²) in [4.78, 5) is 81.2. The Morgan fingerprint density at radius 2 is 1.70 bits per heavy atom. The molecular weight excluding hydrogens is 570 g/mol. The zero-order chi connectivity index (χ0) is 33.2. The number of hydrogen-bond acceptors (Lipinski definition) is 9. The molecule has 0 aromatic heterocycles. The third-order valence-electron chi connectivity index (χ3n) is 7.52. The Hall–Kier alpha value is -3.88. The number of nitrogens with zero attached hydrogens (tertiary/aromatic N) is 3. The predicted octanol–water partition coefficient (Wildman–Crippen LogP) is 0.169. The van der Waals surface area contributed by atoms with E-state index in [2.05, 4.69) is 10.7 Å². The molecule has 1 saturated heterocycles. The first-order chi connectivity index (χ1) is 20.6. The van der Waals surface area contributed by atoms with Crippen LogP contribution >= 0.6 is 0 Å². The van der Waals surface area contributed by atoms with Crippen molar-refractivity contribution in [1.82, 2.24) is 25.6 Å². The second-order valence-corrected chi connectivity index (χ2v) is 11.5. The summed E-state index contributed by atoms with van der Waals surface area (Å²) in [5.41, 5.74) is 11.8. The SMILES string of the molecule is CC(=O)C(O)(CCCCN)C(=O)N(Cc1ccccc1)C(=O)N(NC(=O)[C@@H]1CCCN1C(=O)[C@H](C)NC(=O)[C@H](C)N)C(C)C. The van der Waals surface area contributed by atoms with E-state index < -0.39 is 65.2 Å². The van der Waals surface area contributed by atoms with Crippen molar-refractivity contribution in [2.75, 3.05) is 13.1 Å². The molecule has 14 nitrogen and oxygen atoms in total. The first-order valence-electron chi connectivity index (χ1n) is 14.9. The van der Waals surface area contributed by atoms with Crippen LogP contribution in [0.25, 0.3) is 0 Å². The number of unbranched alkanes of at least 4 members (excludes halogenated alkanes) is 1. The second-order valence-electron chi connectivity index (χ2n) is 11.5. The molecule has 1 unspecified atom stereocenters. The number of imide groups is 1. The number of carbonyl (C=O) groups is 6. The highest BCUT2D eigenvalue weighted by Gasteiger charge is 2.47. The highest BCUT2D eigenvalue weighted by molar-refractivity contribution is 6.12. The van der Waals surface area contributed by atoms with Crippen LogP contribution in [-0.2, 0) is 30.5 Å². The Kier molecular flexibility index (Phi) is 13.4. The maximum Gasteiger partial charge on any atom is 0.346 e. The fourth-order valence-electron chi connectivity index (χ4n) is 4.85. The fraction of sp³-hybridized carbons (Fsp3) is 0.600. The highest BCUT2D eigenvalue weighted by Crippen LogP contribution is 2.23. The molecule has 0 aliphatic carbocycles. The minimum absolute atomic E-state index is 0.234. The van der Waals surface area contributed by atoms with Crippen molar-refractivity contribution in [3.63, 3.8) is 0 Å². The van der Waals surface area contributed by atoms with E-state index in [1.807, 2.05) is 0 Å². The number of carbonyl (C=O) groups excluding carboxylic acids is 6. The summed E-state index contributed by atoms with van der Waals surface area (Å²) >= 11 is 0. The average molecular weight is 618 g/mol. The molecule has 244 valence electrons. The van der Waals surface area contributed by atoms with Crippen molar-refractivity contribution in [1.29, 1.82) is 0 Å². The van der Waals surface area contributed by atoms with Crippen LogP contribution in [0.4, 0.5) is 4.79 Å². The van der Waals surface area contributed by atoms with E-state index in [0.717, 1.165) is 16.8 Å². The van der Waals surface area contributed by atoms with Gasteiger partial charge in [-0.15, -0.1) is 0 Å². The van der Waals surface area contributed by atoms with Crippen molar-refractivity contribution >= 4 is 35.4 Å². The molecule has 0 radical (unpaired) electrons. The van der Waals surface area contributed by atoms with Gasteiger partial charge in [0, 0.05) is 12.6 Å². The Labute approximate surface area is 258 Å². The van der Waals surface area contributed by atoms with Gasteiger partial charge in [-0.3, -0.25) is 34.3 Å². The van der Waals surface area contributed by atoms with E-state index in [1.165, 1.54) is 18.7 Å². The number of hydrogen-bond donors (Lipinski definition) is 5. The van der Waals surface area contributed by atoms with Crippen molar-refractivity contribution in [3.05, 3.63) is 35.9 Å². The summed E-state index contributed by atoms with van der Waals surface area (Å²) in [5.74, 6) is -3.60. The quantitative estimate of drug-likeness (QED) is 0.116. The molecule has 44 heavy (non-hydrogen) atoms. The van der Waals surface area contributed by atoms with Gasteiger partial charge in [-0.2, -0.15) is 0 Å². The number of urea groups is 1. The summed E-state index contributed by atoms with van der Waals surface area (Å²) in [6.45, 7) is 7.57. The molecule has 1 aromatic rings. The number of ketones is 1. The van der Waals surface area contributed by atoms with Crippen LogP contribution in [0.1, 0.15) is 72.3 Å². The lowest BCUT2D eigenvalue weighted by atomic mass is 9.90. The molecule has 6 amide bonds. The summed E-state index contributed by atoms with van der Waals surface area (Å²) < 4.78 is 0. The highest BCUT2D eigenvalue weighted by atomic mass is 16.3. The molecule has 0 bridgehead atoms. The zero-order valence-electron chi connectivity index (χ0n) is 26.2. The normalized spacial score (nSPS) is 17.3. The van der Waals surface area contributed by atoms with Crippen LogP contribution in [0.5, 0.6) is 0 Å². The van der Waals surface area contributed by atoms with Crippen LogP contribution < -0.4 is 22.2 Å². The molecule has 14 heteroatoms. The average Bonchev–Trinajstić information content (AvgIpc) is 3.47. The summed E-state index contributed by atoms with van der Waals surface area (Å²) in [6, 6.07) is 4.20. The van der Waals surface area contributed by atoms with Crippen LogP contribution in [0.3, 0.4) is 0 Å². The van der Waals surface area contributed by atoms with Gasteiger partial charge in [-0.25, -0.2) is 9.80 Å².